The minimum atomic E-state index is -0.436. The lowest BCUT2D eigenvalue weighted by molar-refractivity contribution is -0.115. The number of benzene rings is 1. The van der Waals surface area contributed by atoms with Crippen LogP contribution in [-0.4, -0.2) is 16.1 Å². The SMILES string of the molecule is Cc1csc(S[C@@H](C)C(=O)Nc2ccc(F)cc2Cl)n1. The van der Waals surface area contributed by atoms with Gasteiger partial charge in [-0.15, -0.1) is 11.3 Å². The van der Waals surface area contributed by atoms with E-state index in [1.165, 1.54) is 41.3 Å². The van der Waals surface area contributed by atoms with E-state index in [-0.39, 0.29) is 16.2 Å². The Labute approximate surface area is 129 Å². The Morgan fingerprint density at radius 1 is 1.55 bits per heavy atom. The number of nitrogens with one attached hydrogen (secondary N) is 1. The average molecular weight is 331 g/mol. The van der Waals surface area contributed by atoms with Crippen LogP contribution in [0, 0.1) is 12.7 Å². The number of thioether (sulfide) groups is 1. The van der Waals surface area contributed by atoms with Gasteiger partial charge in [0.1, 0.15) is 5.82 Å². The number of amides is 1. The highest BCUT2D eigenvalue weighted by atomic mass is 35.5. The Kier molecular flexibility index (Phi) is 5.01. The summed E-state index contributed by atoms with van der Waals surface area (Å²) >= 11 is 8.75. The molecule has 0 fully saturated rings. The molecule has 1 amide bonds. The largest absolute Gasteiger partial charge is 0.324 e. The Hall–Kier alpha value is -1.11. The van der Waals surface area contributed by atoms with E-state index in [4.69, 9.17) is 11.6 Å². The predicted molar refractivity (Wildman–Crippen MR) is 82.2 cm³/mol. The van der Waals surface area contributed by atoms with E-state index in [2.05, 4.69) is 10.3 Å². The molecule has 1 aromatic carbocycles. The molecule has 0 aliphatic carbocycles. The van der Waals surface area contributed by atoms with E-state index in [1.54, 1.807) is 6.92 Å². The Bertz CT molecular complexity index is 633. The summed E-state index contributed by atoms with van der Waals surface area (Å²) < 4.78 is 13.8. The molecule has 0 unspecified atom stereocenters. The fraction of sp³-hybridized carbons (Fsp3) is 0.231. The molecule has 1 N–H and O–H groups in total. The minimum Gasteiger partial charge on any atom is -0.324 e. The number of hydrogen-bond acceptors (Lipinski definition) is 4. The minimum absolute atomic E-state index is 0.181. The van der Waals surface area contributed by atoms with E-state index >= 15 is 0 Å². The van der Waals surface area contributed by atoms with Gasteiger partial charge in [-0.25, -0.2) is 9.37 Å². The first-order valence-electron chi connectivity index (χ1n) is 5.80. The maximum Gasteiger partial charge on any atom is 0.237 e. The van der Waals surface area contributed by atoms with Gasteiger partial charge in [-0.1, -0.05) is 23.4 Å². The fourth-order valence-corrected chi connectivity index (χ4v) is 3.62. The number of hydrogen-bond donors (Lipinski definition) is 1. The van der Waals surface area contributed by atoms with Gasteiger partial charge < -0.3 is 5.32 Å². The zero-order chi connectivity index (χ0) is 14.7. The first-order valence-corrected chi connectivity index (χ1v) is 7.94. The van der Waals surface area contributed by atoms with Crippen LogP contribution in [0.4, 0.5) is 10.1 Å². The monoisotopic (exact) mass is 330 g/mol. The molecule has 2 rings (SSSR count). The van der Waals surface area contributed by atoms with Crippen molar-refractivity contribution >= 4 is 46.3 Å². The summed E-state index contributed by atoms with van der Waals surface area (Å²) in [4.78, 5) is 16.3. The van der Waals surface area contributed by atoms with E-state index in [0.717, 1.165) is 10.0 Å². The third-order valence-corrected chi connectivity index (χ3v) is 4.94. The van der Waals surface area contributed by atoms with Gasteiger partial charge in [0, 0.05) is 11.1 Å². The lowest BCUT2D eigenvalue weighted by atomic mass is 10.3. The third kappa shape index (κ3) is 3.94. The van der Waals surface area contributed by atoms with Gasteiger partial charge in [-0.2, -0.15) is 0 Å². The quantitative estimate of drug-likeness (QED) is 0.847. The van der Waals surface area contributed by atoms with Crippen LogP contribution in [-0.2, 0) is 4.79 Å². The number of nitrogens with zero attached hydrogens (tertiary/aromatic N) is 1. The molecule has 2 aromatic rings. The van der Waals surface area contributed by atoms with Gasteiger partial charge in [-0.3, -0.25) is 4.79 Å². The first kappa shape index (κ1) is 15.3. The van der Waals surface area contributed by atoms with Crippen LogP contribution in [0.15, 0.2) is 27.9 Å². The predicted octanol–water partition coefficient (Wildman–Crippen LogP) is 4.36. The standard InChI is InChI=1S/C13H12ClFN2OS2/c1-7-6-19-13(16-7)20-8(2)12(18)17-11-4-3-9(15)5-10(11)14/h3-6,8H,1-2H3,(H,17,18)/t8-/m0/s1. The number of aromatic nitrogens is 1. The van der Waals surface area contributed by atoms with Crippen molar-refractivity contribution < 1.29 is 9.18 Å². The maximum absolute atomic E-state index is 12.9. The first-order chi connectivity index (χ1) is 9.45. The molecule has 3 nitrogen and oxygen atoms in total. The number of carbonyl (C=O) groups excluding carboxylic acids is 1. The van der Waals surface area contributed by atoms with Crippen LogP contribution in [0.3, 0.4) is 0 Å². The lowest BCUT2D eigenvalue weighted by Gasteiger charge is -2.11. The molecule has 1 aromatic heterocycles. The molecule has 106 valence electrons. The molecular formula is C13H12ClFN2OS2. The summed E-state index contributed by atoms with van der Waals surface area (Å²) in [5.74, 6) is -0.634. The molecule has 0 aliphatic rings. The van der Waals surface area contributed by atoms with Crippen molar-refractivity contribution in [2.45, 2.75) is 23.4 Å². The van der Waals surface area contributed by atoms with Crippen LogP contribution in [0.5, 0.6) is 0 Å². The molecule has 20 heavy (non-hydrogen) atoms. The number of carbonyl (C=O) groups is 1. The van der Waals surface area contributed by atoms with Crippen molar-refractivity contribution in [2.75, 3.05) is 5.32 Å². The molecule has 7 heteroatoms. The molecule has 1 heterocycles. The van der Waals surface area contributed by atoms with Crippen LogP contribution in [0.1, 0.15) is 12.6 Å². The number of anilines is 1. The number of thiazole rings is 1. The summed E-state index contributed by atoms with van der Waals surface area (Å²) in [6.45, 7) is 3.69. The highest BCUT2D eigenvalue weighted by molar-refractivity contribution is 8.02. The molecular weight excluding hydrogens is 319 g/mol. The zero-order valence-corrected chi connectivity index (χ0v) is 13.2. The van der Waals surface area contributed by atoms with Gasteiger partial charge in [0.15, 0.2) is 4.34 Å². The van der Waals surface area contributed by atoms with Gasteiger partial charge >= 0.3 is 0 Å². The number of aryl methyl sites for hydroxylation is 1. The van der Waals surface area contributed by atoms with Gasteiger partial charge in [-0.05, 0) is 32.0 Å². The van der Waals surface area contributed by atoms with E-state index in [9.17, 15) is 9.18 Å². The average Bonchev–Trinajstić information content (AvgIpc) is 2.78. The van der Waals surface area contributed by atoms with Crippen LogP contribution in [0.25, 0.3) is 0 Å². The Morgan fingerprint density at radius 2 is 2.30 bits per heavy atom. The lowest BCUT2D eigenvalue weighted by Crippen LogP contribution is -2.22. The topological polar surface area (TPSA) is 42.0 Å². The van der Waals surface area contributed by atoms with Crippen molar-refractivity contribution in [3.05, 3.63) is 40.1 Å². The molecule has 1 atom stereocenters. The fourth-order valence-electron chi connectivity index (χ4n) is 1.42. The maximum atomic E-state index is 12.9. The number of rotatable bonds is 4. The summed E-state index contributed by atoms with van der Waals surface area (Å²) in [5, 5.41) is 4.48. The van der Waals surface area contributed by atoms with Gasteiger partial charge in [0.2, 0.25) is 5.91 Å². The van der Waals surface area contributed by atoms with E-state index in [1.807, 2.05) is 12.3 Å². The summed E-state index contributed by atoms with van der Waals surface area (Å²) in [5.41, 5.74) is 1.34. The molecule has 0 bridgehead atoms. The molecule has 0 radical (unpaired) electrons. The summed E-state index contributed by atoms with van der Waals surface area (Å²) in [7, 11) is 0. The summed E-state index contributed by atoms with van der Waals surface area (Å²) in [6.07, 6.45) is 0. The van der Waals surface area contributed by atoms with Gasteiger partial charge in [0.25, 0.3) is 0 Å². The second-order valence-electron chi connectivity index (χ2n) is 4.13. The van der Waals surface area contributed by atoms with E-state index < -0.39 is 5.82 Å². The molecule has 0 spiro atoms. The second kappa shape index (κ2) is 6.56. The van der Waals surface area contributed by atoms with Crippen molar-refractivity contribution in [1.82, 2.24) is 4.98 Å². The third-order valence-electron chi connectivity index (χ3n) is 2.43. The summed E-state index contributed by atoms with van der Waals surface area (Å²) in [6, 6.07) is 3.86. The Morgan fingerprint density at radius 3 is 2.90 bits per heavy atom. The zero-order valence-electron chi connectivity index (χ0n) is 10.8. The normalized spacial score (nSPS) is 12.2. The molecule has 0 saturated carbocycles. The van der Waals surface area contributed by atoms with Crippen molar-refractivity contribution in [1.29, 1.82) is 0 Å². The highest BCUT2D eigenvalue weighted by Crippen LogP contribution is 2.28. The number of halogens is 2. The smallest absolute Gasteiger partial charge is 0.237 e. The van der Waals surface area contributed by atoms with Crippen LogP contribution < -0.4 is 5.32 Å². The second-order valence-corrected chi connectivity index (χ2v) is 6.98. The van der Waals surface area contributed by atoms with Crippen molar-refractivity contribution in [3.63, 3.8) is 0 Å². The molecule has 0 saturated heterocycles. The van der Waals surface area contributed by atoms with Crippen molar-refractivity contribution in [2.24, 2.45) is 0 Å². The highest BCUT2D eigenvalue weighted by Gasteiger charge is 2.17. The van der Waals surface area contributed by atoms with Crippen LogP contribution >= 0.6 is 34.7 Å². The van der Waals surface area contributed by atoms with Crippen LogP contribution in [0.2, 0.25) is 5.02 Å². The van der Waals surface area contributed by atoms with Gasteiger partial charge in [0.05, 0.1) is 16.0 Å². The molecule has 0 aliphatic heterocycles. The van der Waals surface area contributed by atoms with Crippen molar-refractivity contribution in [3.8, 4) is 0 Å². The Balaban J connectivity index is 2.00. The van der Waals surface area contributed by atoms with E-state index in [0.29, 0.717) is 5.69 Å².